The van der Waals surface area contributed by atoms with Gasteiger partial charge in [-0.1, -0.05) is 34.1 Å². The molecule has 6 unspecified atom stereocenters. The van der Waals surface area contributed by atoms with Crippen LogP contribution in [0, 0.1) is 11.8 Å². The van der Waals surface area contributed by atoms with Crippen molar-refractivity contribution in [1.82, 2.24) is 16.0 Å². The molecule has 0 radical (unpaired) electrons. The van der Waals surface area contributed by atoms with Gasteiger partial charge in [-0.3, -0.25) is 14.4 Å². The van der Waals surface area contributed by atoms with Crippen molar-refractivity contribution in [2.24, 2.45) is 17.6 Å². The second-order valence-electron chi connectivity index (χ2n) is 7.92. The van der Waals surface area contributed by atoms with Gasteiger partial charge in [0.15, 0.2) is 6.04 Å². The maximum Gasteiger partial charge on any atom is 0.328 e. The smallest absolute Gasteiger partial charge is 0.328 e. The van der Waals surface area contributed by atoms with E-state index >= 15 is 0 Å². The SMILES string of the molecule is CCC(C)C(NC(=O)C(CS)NC(=O)C(N)CC(C)C)C(=O)NC(C(=O)O)C(C)O. The van der Waals surface area contributed by atoms with Crippen LogP contribution in [0.2, 0.25) is 0 Å². The van der Waals surface area contributed by atoms with E-state index in [1.165, 1.54) is 6.92 Å². The number of aliphatic hydroxyl groups excluding tert-OH is 1. The zero-order valence-corrected chi connectivity index (χ0v) is 19.1. The van der Waals surface area contributed by atoms with E-state index < -0.39 is 54.0 Å². The minimum Gasteiger partial charge on any atom is -0.480 e. The highest BCUT2D eigenvalue weighted by Gasteiger charge is 2.33. The number of carboxylic acids is 1. The quantitative estimate of drug-likeness (QED) is 0.182. The molecule has 30 heavy (non-hydrogen) atoms. The topological polar surface area (TPSA) is 171 Å². The Morgan fingerprint density at radius 1 is 0.933 bits per heavy atom. The summed E-state index contributed by atoms with van der Waals surface area (Å²) in [6.07, 6.45) is -0.366. The summed E-state index contributed by atoms with van der Waals surface area (Å²) in [6.45, 7) is 8.60. The number of hydrogen-bond donors (Lipinski definition) is 7. The summed E-state index contributed by atoms with van der Waals surface area (Å²) in [5.74, 6) is -3.44. The molecule has 0 aromatic heterocycles. The van der Waals surface area contributed by atoms with Gasteiger partial charge in [-0.05, 0) is 25.2 Å². The number of nitrogens with two attached hydrogens (primary N) is 1. The van der Waals surface area contributed by atoms with Gasteiger partial charge in [-0.25, -0.2) is 4.79 Å². The summed E-state index contributed by atoms with van der Waals surface area (Å²) in [6, 6.07) is -4.39. The Kier molecular flexibility index (Phi) is 12.6. The number of carboxylic acid groups (broad SMARTS) is 1. The number of aliphatic hydroxyl groups is 1. The molecule has 0 aliphatic rings. The average molecular weight is 449 g/mol. The molecule has 3 amide bonds. The van der Waals surface area contributed by atoms with Crippen molar-refractivity contribution < 1.29 is 29.4 Å². The summed E-state index contributed by atoms with van der Waals surface area (Å²) in [4.78, 5) is 48.8. The first-order chi connectivity index (χ1) is 13.8. The molecular weight excluding hydrogens is 412 g/mol. The number of carbonyl (C=O) groups excluding carboxylic acids is 3. The van der Waals surface area contributed by atoms with Crippen molar-refractivity contribution in [2.45, 2.75) is 77.7 Å². The number of carbonyl (C=O) groups is 4. The fourth-order valence-electron chi connectivity index (χ4n) is 2.68. The minimum absolute atomic E-state index is 0.0216. The van der Waals surface area contributed by atoms with Crippen LogP contribution in [-0.4, -0.2) is 69.9 Å². The van der Waals surface area contributed by atoms with E-state index in [1.54, 1.807) is 6.92 Å². The van der Waals surface area contributed by atoms with Crippen molar-refractivity contribution in [2.75, 3.05) is 5.75 Å². The van der Waals surface area contributed by atoms with Gasteiger partial charge in [-0.15, -0.1) is 0 Å². The number of amides is 3. The molecule has 0 rings (SSSR count). The lowest BCUT2D eigenvalue weighted by Gasteiger charge is -2.28. The summed E-state index contributed by atoms with van der Waals surface area (Å²) in [7, 11) is 0. The van der Waals surface area contributed by atoms with Gasteiger partial charge in [-0.2, -0.15) is 12.6 Å². The van der Waals surface area contributed by atoms with Crippen LogP contribution >= 0.6 is 12.6 Å². The zero-order valence-electron chi connectivity index (χ0n) is 18.2. The van der Waals surface area contributed by atoms with Crippen LogP contribution in [-0.2, 0) is 19.2 Å². The Bertz CT molecular complexity index is 602. The minimum atomic E-state index is -1.52. The predicted molar refractivity (Wildman–Crippen MR) is 116 cm³/mol. The predicted octanol–water partition coefficient (Wildman–Crippen LogP) is -0.744. The molecule has 6 atom stereocenters. The molecule has 0 heterocycles. The Morgan fingerprint density at radius 3 is 1.87 bits per heavy atom. The van der Waals surface area contributed by atoms with Crippen molar-refractivity contribution in [3.63, 3.8) is 0 Å². The molecule has 0 fully saturated rings. The van der Waals surface area contributed by atoms with E-state index in [0.29, 0.717) is 12.8 Å². The van der Waals surface area contributed by atoms with E-state index in [4.69, 9.17) is 10.8 Å². The number of hydrogen-bond acceptors (Lipinski definition) is 7. The molecule has 0 saturated carbocycles. The van der Waals surface area contributed by atoms with Gasteiger partial charge in [0.25, 0.3) is 0 Å². The van der Waals surface area contributed by atoms with Gasteiger partial charge in [0.1, 0.15) is 12.1 Å². The highest BCUT2D eigenvalue weighted by atomic mass is 32.1. The zero-order chi connectivity index (χ0) is 23.6. The molecule has 0 bridgehead atoms. The van der Waals surface area contributed by atoms with Gasteiger partial charge >= 0.3 is 5.97 Å². The Labute approximate surface area is 183 Å². The Hall–Kier alpha value is -1.85. The lowest BCUT2D eigenvalue weighted by Crippen LogP contribution is -2.60. The largest absolute Gasteiger partial charge is 0.480 e. The maximum atomic E-state index is 12.7. The highest BCUT2D eigenvalue weighted by molar-refractivity contribution is 7.80. The second kappa shape index (κ2) is 13.5. The first-order valence-corrected chi connectivity index (χ1v) is 10.7. The van der Waals surface area contributed by atoms with Gasteiger partial charge in [0.05, 0.1) is 12.1 Å². The molecule has 174 valence electrons. The molecule has 10 nitrogen and oxygen atoms in total. The third-order valence-electron chi connectivity index (χ3n) is 4.72. The summed E-state index contributed by atoms with van der Waals surface area (Å²) >= 11 is 4.10. The van der Waals surface area contributed by atoms with Crippen LogP contribution in [0.4, 0.5) is 0 Å². The fraction of sp³-hybridized carbons (Fsp3) is 0.789. The standard InChI is InChI=1S/C19H36N4O6S/c1-6-10(4)14(18(27)23-15(11(5)24)19(28)29)22-17(26)13(8-30)21-16(25)12(20)7-9(2)3/h9-15,24,30H,6-8,20H2,1-5H3,(H,21,25)(H,22,26)(H,23,27)(H,28,29). The molecule has 0 spiro atoms. The van der Waals surface area contributed by atoms with Crippen molar-refractivity contribution in [3.8, 4) is 0 Å². The average Bonchev–Trinajstić information content (AvgIpc) is 2.65. The normalized spacial score (nSPS) is 17.2. The second-order valence-corrected chi connectivity index (χ2v) is 8.28. The molecule has 0 aliphatic carbocycles. The molecule has 0 aromatic rings. The number of aliphatic carboxylic acids is 1. The molecular formula is C19H36N4O6S. The third-order valence-corrected chi connectivity index (χ3v) is 5.08. The number of nitrogens with one attached hydrogen (secondary N) is 3. The lowest BCUT2D eigenvalue weighted by atomic mass is 9.97. The van der Waals surface area contributed by atoms with Crippen molar-refractivity contribution in [1.29, 1.82) is 0 Å². The molecule has 7 N–H and O–H groups in total. The van der Waals surface area contributed by atoms with Crippen LogP contribution in [0.1, 0.15) is 47.5 Å². The molecule has 0 aliphatic heterocycles. The van der Waals surface area contributed by atoms with E-state index in [2.05, 4.69) is 28.6 Å². The first-order valence-electron chi connectivity index (χ1n) is 10.0. The van der Waals surface area contributed by atoms with Crippen LogP contribution in [0.25, 0.3) is 0 Å². The van der Waals surface area contributed by atoms with E-state index in [9.17, 15) is 24.3 Å². The summed E-state index contributed by atoms with van der Waals surface area (Å²) in [5.41, 5.74) is 5.84. The maximum absolute atomic E-state index is 12.7. The number of thiol groups is 1. The van der Waals surface area contributed by atoms with Crippen molar-refractivity contribution >= 4 is 36.3 Å². The summed E-state index contributed by atoms with van der Waals surface area (Å²) < 4.78 is 0. The number of rotatable bonds is 13. The van der Waals surface area contributed by atoms with E-state index in [0.717, 1.165) is 0 Å². The molecule has 11 heteroatoms. The monoisotopic (exact) mass is 448 g/mol. The van der Waals surface area contributed by atoms with Crippen LogP contribution in [0.3, 0.4) is 0 Å². The van der Waals surface area contributed by atoms with E-state index in [-0.39, 0.29) is 17.6 Å². The fourth-order valence-corrected chi connectivity index (χ4v) is 2.93. The van der Waals surface area contributed by atoms with Gasteiger partial charge < -0.3 is 31.9 Å². The molecule has 0 saturated heterocycles. The van der Waals surface area contributed by atoms with Gasteiger partial charge in [0.2, 0.25) is 17.7 Å². The summed E-state index contributed by atoms with van der Waals surface area (Å²) in [5, 5.41) is 26.1. The van der Waals surface area contributed by atoms with Crippen LogP contribution in [0.15, 0.2) is 0 Å². The van der Waals surface area contributed by atoms with Crippen LogP contribution in [0.5, 0.6) is 0 Å². The van der Waals surface area contributed by atoms with Crippen molar-refractivity contribution in [3.05, 3.63) is 0 Å². The Morgan fingerprint density at radius 2 is 1.47 bits per heavy atom. The molecule has 0 aromatic carbocycles. The Balaban J connectivity index is 5.30. The highest BCUT2D eigenvalue weighted by Crippen LogP contribution is 2.10. The first kappa shape index (κ1) is 28.1. The third kappa shape index (κ3) is 9.31. The lowest BCUT2D eigenvalue weighted by molar-refractivity contribution is -0.145. The van der Waals surface area contributed by atoms with Gasteiger partial charge in [0, 0.05) is 5.75 Å². The van der Waals surface area contributed by atoms with Crippen LogP contribution < -0.4 is 21.7 Å². The van der Waals surface area contributed by atoms with E-state index in [1.807, 2.05) is 20.8 Å².